The summed E-state index contributed by atoms with van der Waals surface area (Å²) in [5.41, 5.74) is 3.52. The molecule has 0 N–H and O–H groups in total. The molecule has 98 valence electrons. The summed E-state index contributed by atoms with van der Waals surface area (Å²) >= 11 is 6.02. The zero-order chi connectivity index (χ0) is 13.3. The number of hydrogen-bond donors (Lipinski definition) is 0. The Labute approximate surface area is 114 Å². The molecule has 0 saturated heterocycles. The summed E-state index contributed by atoms with van der Waals surface area (Å²) in [4.78, 5) is 4.62. The summed E-state index contributed by atoms with van der Waals surface area (Å²) in [7, 11) is 0. The lowest BCUT2D eigenvalue weighted by atomic mass is 9.98. The van der Waals surface area contributed by atoms with Gasteiger partial charge in [-0.25, -0.2) is 4.98 Å². The molecule has 0 radical (unpaired) electrons. The molecular weight excluding hydrogens is 244 g/mol. The van der Waals surface area contributed by atoms with Crippen LogP contribution in [0.2, 0.25) is 0 Å². The van der Waals surface area contributed by atoms with Gasteiger partial charge in [0, 0.05) is 6.54 Å². The molecule has 1 atom stereocenters. The zero-order valence-electron chi connectivity index (χ0n) is 11.6. The van der Waals surface area contributed by atoms with Crippen LogP contribution in [0.25, 0.3) is 11.0 Å². The van der Waals surface area contributed by atoms with Crippen LogP contribution in [0, 0.1) is 18.8 Å². The molecule has 0 spiro atoms. The number of hydrogen-bond acceptors (Lipinski definition) is 1. The summed E-state index contributed by atoms with van der Waals surface area (Å²) < 4.78 is 2.28. The molecule has 0 aliphatic carbocycles. The average Bonchev–Trinajstić information content (AvgIpc) is 2.67. The second kappa shape index (κ2) is 5.31. The van der Waals surface area contributed by atoms with Crippen LogP contribution in [-0.4, -0.2) is 9.55 Å². The van der Waals surface area contributed by atoms with Crippen molar-refractivity contribution in [2.24, 2.45) is 11.8 Å². The molecule has 0 amide bonds. The van der Waals surface area contributed by atoms with Crippen molar-refractivity contribution in [3.05, 3.63) is 29.6 Å². The molecule has 2 nitrogen and oxygen atoms in total. The van der Waals surface area contributed by atoms with Crippen LogP contribution >= 0.6 is 11.6 Å². The van der Waals surface area contributed by atoms with E-state index in [9.17, 15) is 0 Å². The number of alkyl halides is 1. The van der Waals surface area contributed by atoms with E-state index < -0.39 is 0 Å². The van der Waals surface area contributed by atoms with Crippen molar-refractivity contribution in [1.29, 1.82) is 0 Å². The van der Waals surface area contributed by atoms with Crippen molar-refractivity contribution in [1.82, 2.24) is 9.55 Å². The topological polar surface area (TPSA) is 17.8 Å². The van der Waals surface area contributed by atoms with Gasteiger partial charge in [-0.3, -0.25) is 0 Å². The van der Waals surface area contributed by atoms with Crippen LogP contribution in [0.4, 0.5) is 0 Å². The van der Waals surface area contributed by atoms with E-state index in [1.165, 1.54) is 11.1 Å². The van der Waals surface area contributed by atoms with E-state index in [1.54, 1.807) is 0 Å². The van der Waals surface area contributed by atoms with Crippen molar-refractivity contribution in [3.63, 3.8) is 0 Å². The van der Waals surface area contributed by atoms with Crippen LogP contribution in [0.15, 0.2) is 18.2 Å². The lowest BCUT2D eigenvalue weighted by Crippen LogP contribution is -2.14. The van der Waals surface area contributed by atoms with E-state index in [0.717, 1.165) is 17.9 Å². The summed E-state index contributed by atoms with van der Waals surface area (Å²) in [5.74, 6) is 2.73. The van der Waals surface area contributed by atoms with Gasteiger partial charge in [-0.15, -0.1) is 11.6 Å². The van der Waals surface area contributed by atoms with Crippen molar-refractivity contribution < 1.29 is 0 Å². The first-order chi connectivity index (χ1) is 8.52. The van der Waals surface area contributed by atoms with Gasteiger partial charge in [0.2, 0.25) is 0 Å². The third kappa shape index (κ3) is 2.54. The van der Waals surface area contributed by atoms with Gasteiger partial charge < -0.3 is 4.57 Å². The number of benzene rings is 1. The van der Waals surface area contributed by atoms with Gasteiger partial charge in [-0.05, 0) is 36.5 Å². The first-order valence-electron chi connectivity index (χ1n) is 6.54. The van der Waals surface area contributed by atoms with Crippen LogP contribution in [-0.2, 0) is 12.4 Å². The van der Waals surface area contributed by atoms with Crippen molar-refractivity contribution in [3.8, 4) is 0 Å². The Morgan fingerprint density at radius 3 is 2.61 bits per heavy atom. The number of fused-ring (bicyclic) bond motifs is 1. The van der Waals surface area contributed by atoms with E-state index in [4.69, 9.17) is 11.6 Å². The fourth-order valence-electron chi connectivity index (χ4n) is 2.09. The molecule has 1 heterocycles. The lowest BCUT2D eigenvalue weighted by molar-refractivity contribution is 0.365. The SMILES string of the molecule is Cc1ccc2nc(CCl)n(CC(C)C(C)C)c2c1. The van der Waals surface area contributed by atoms with Crippen molar-refractivity contribution in [2.45, 2.75) is 40.1 Å². The van der Waals surface area contributed by atoms with Gasteiger partial charge >= 0.3 is 0 Å². The maximum Gasteiger partial charge on any atom is 0.124 e. The molecular formula is C15H21ClN2. The molecule has 0 aliphatic heterocycles. The second-order valence-electron chi connectivity index (χ2n) is 5.49. The normalized spacial score (nSPS) is 13.4. The monoisotopic (exact) mass is 264 g/mol. The van der Waals surface area contributed by atoms with Gasteiger partial charge in [0.15, 0.2) is 0 Å². The van der Waals surface area contributed by atoms with Gasteiger partial charge in [0.25, 0.3) is 0 Å². The Bertz CT molecular complexity index is 543. The van der Waals surface area contributed by atoms with Crippen LogP contribution in [0.1, 0.15) is 32.2 Å². The van der Waals surface area contributed by atoms with Crippen LogP contribution in [0.5, 0.6) is 0 Å². The van der Waals surface area contributed by atoms with Gasteiger partial charge in [-0.1, -0.05) is 26.8 Å². The number of imidazole rings is 1. The van der Waals surface area contributed by atoms with Gasteiger partial charge in [-0.2, -0.15) is 0 Å². The zero-order valence-corrected chi connectivity index (χ0v) is 12.3. The van der Waals surface area contributed by atoms with Crippen molar-refractivity contribution in [2.75, 3.05) is 0 Å². The molecule has 0 bridgehead atoms. The molecule has 0 saturated carbocycles. The minimum Gasteiger partial charge on any atom is -0.327 e. The van der Waals surface area contributed by atoms with Crippen LogP contribution in [0.3, 0.4) is 0 Å². The molecule has 3 heteroatoms. The molecule has 2 aromatic rings. The Morgan fingerprint density at radius 1 is 1.28 bits per heavy atom. The number of aryl methyl sites for hydroxylation is 1. The highest BCUT2D eigenvalue weighted by Crippen LogP contribution is 2.22. The quantitative estimate of drug-likeness (QED) is 0.750. The Kier molecular flexibility index (Phi) is 3.96. The Morgan fingerprint density at radius 2 is 2.00 bits per heavy atom. The Balaban J connectivity index is 2.48. The summed E-state index contributed by atoms with van der Waals surface area (Å²) in [6.07, 6.45) is 0. The number of rotatable bonds is 4. The highest BCUT2D eigenvalue weighted by Gasteiger charge is 2.14. The number of aromatic nitrogens is 2. The van der Waals surface area contributed by atoms with Gasteiger partial charge in [0.1, 0.15) is 5.82 Å². The molecule has 0 aliphatic rings. The predicted octanol–water partition coefficient (Wildman–Crippen LogP) is 4.38. The third-order valence-corrected chi connectivity index (χ3v) is 3.95. The van der Waals surface area contributed by atoms with E-state index in [1.807, 2.05) is 0 Å². The van der Waals surface area contributed by atoms with Gasteiger partial charge in [0.05, 0.1) is 16.9 Å². The third-order valence-electron chi connectivity index (χ3n) is 3.71. The van der Waals surface area contributed by atoms with Crippen molar-refractivity contribution >= 4 is 22.6 Å². The summed E-state index contributed by atoms with van der Waals surface area (Å²) in [6, 6.07) is 6.38. The Hall–Kier alpha value is -1.02. The highest BCUT2D eigenvalue weighted by molar-refractivity contribution is 6.16. The lowest BCUT2D eigenvalue weighted by Gasteiger charge is -2.18. The van der Waals surface area contributed by atoms with Crippen LogP contribution < -0.4 is 0 Å². The second-order valence-corrected chi connectivity index (χ2v) is 5.75. The molecule has 1 unspecified atom stereocenters. The average molecular weight is 265 g/mol. The maximum atomic E-state index is 6.02. The fraction of sp³-hybridized carbons (Fsp3) is 0.533. The minimum absolute atomic E-state index is 0.471. The first-order valence-corrected chi connectivity index (χ1v) is 7.08. The standard InChI is InChI=1S/C15H21ClN2/c1-10(2)12(4)9-18-14-7-11(3)5-6-13(14)17-15(18)8-16/h5-7,10,12H,8-9H2,1-4H3. The highest BCUT2D eigenvalue weighted by atomic mass is 35.5. The van der Waals surface area contributed by atoms with E-state index in [2.05, 4.69) is 55.4 Å². The smallest absolute Gasteiger partial charge is 0.124 e. The van der Waals surface area contributed by atoms with E-state index in [0.29, 0.717) is 17.7 Å². The summed E-state index contributed by atoms with van der Waals surface area (Å²) in [6.45, 7) is 9.90. The fourth-order valence-corrected chi connectivity index (χ4v) is 2.29. The molecule has 1 aromatic heterocycles. The minimum atomic E-state index is 0.471. The maximum absolute atomic E-state index is 6.02. The van der Waals surface area contributed by atoms with E-state index in [-0.39, 0.29) is 0 Å². The molecule has 0 fully saturated rings. The number of halogens is 1. The molecule has 2 rings (SSSR count). The number of nitrogens with zero attached hydrogens (tertiary/aromatic N) is 2. The molecule has 18 heavy (non-hydrogen) atoms. The predicted molar refractivity (Wildman–Crippen MR) is 78.0 cm³/mol. The molecule has 1 aromatic carbocycles. The van der Waals surface area contributed by atoms with E-state index >= 15 is 0 Å². The first kappa shape index (κ1) is 13.4. The largest absolute Gasteiger partial charge is 0.327 e. The summed E-state index contributed by atoms with van der Waals surface area (Å²) in [5, 5.41) is 0.